The number of carbonyl (C=O) groups excluding carboxylic acids is 1. The Morgan fingerprint density at radius 1 is 1.24 bits per heavy atom. The van der Waals surface area contributed by atoms with Gasteiger partial charge in [-0.25, -0.2) is 9.18 Å². The summed E-state index contributed by atoms with van der Waals surface area (Å²) in [7, 11) is 0. The van der Waals surface area contributed by atoms with Crippen molar-refractivity contribution < 1.29 is 9.18 Å². The van der Waals surface area contributed by atoms with Crippen LogP contribution in [0.4, 0.5) is 14.9 Å². The Kier molecular flexibility index (Phi) is 5.32. The SMILES string of the molecule is Cc1cc(I)ccc1NC(=O)N/C=C/c1ccccc1F. The number of rotatable bonds is 3. The number of hydrogen-bond acceptors (Lipinski definition) is 1. The molecule has 108 valence electrons. The summed E-state index contributed by atoms with van der Waals surface area (Å²) in [6.07, 6.45) is 2.92. The topological polar surface area (TPSA) is 41.1 Å². The number of benzene rings is 2. The molecule has 21 heavy (non-hydrogen) atoms. The number of carbonyl (C=O) groups is 1. The molecule has 0 heterocycles. The molecule has 0 aliphatic rings. The lowest BCUT2D eigenvalue weighted by molar-refractivity contribution is 0.255. The number of urea groups is 1. The molecule has 0 aliphatic carbocycles. The predicted molar refractivity (Wildman–Crippen MR) is 91.5 cm³/mol. The largest absolute Gasteiger partial charge is 0.323 e. The van der Waals surface area contributed by atoms with E-state index in [0.717, 1.165) is 14.8 Å². The van der Waals surface area contributed by atoms with Crippen molar-refractivity contribution in [3.05, 3.63) is 69.2 Å². The van der Waals surface area contributed by atoms with Gasteiger partial charge in [0.1, 0.15) is 5.82 Å². The van der Waals surface area contributed by atoms with Gasteiger partial charge in [0, 0.05) is 21.0 Å². The normalized spacial score (nSPS) is 10.6. The third-order valence-electron chi connectivity index (χ3n) is 2.82. The number of halogens is 2. The van der Waals surface area contributed by atoms with E-state index >= 15 is 0 Å². The fourth-order valence-corrected chi connectivity index (χ4v) is 2.39. The molecular formula is C16H14FIN2O. The highest BCUT2D eigenvalue weighted by atomic mass is 127. The van der Waals surface area contributed by atoms with Crippen LogP contribution in [0.1, 0.15) is 11.1 Å². The third-order valence-corrected chi connectivity index (χ3v) is 3.49. The van der Waals surface area contributed by atoms with E-state index in [2.05, 4.69) is 33.2 Å². The van der Waals surface area contributed by atoms with Crippen LogP contribution in [0, 0.1) is 16.3 Å². The molecule has 0 spiro atoms. The molecule has 0 aliphatic heterocycles. The minimum atomic E-state index is -0.369. The highest BCUT2D eigenvalue weighted by Gasteiger charge is 2.03. The van der Waals surface area contributed by atoms with E-state index in [1.165, 1.54) is 18.3 Å². The van der Waals surface area contributed by atoms with Gasteiger partial charge in [-0.3, -0.25) is 0 Å². The van der Waals surface area contributed by atoms with E-state index in [1.54, 1.807) is 18.2 Å². The van der Waals surface area contributed by atoms with Gasteiger partial charge in [0.05, 0.1) is 0 Å². The second-order valence-corrected chi connectivity index (χ2v) is 5.66. The molecular weight excluding hydrogens is 382 g/mol. The van der Waals surface area contributed by atoms with E-state index in [-0.39, 0.29) is 11.8 Å². The van der Waals surface area contributed by atoms with Gasteiger partial charge in [0.2, 0.25) is 0 Å². The second kappa shape index (κ2) is 7.21. The van der Waals surface area contributed by atoms with Crippen molar-refractivity contribution >= 4 is 40.4 Å². The minimum Gasteiger partial charge on any atom is -0.314 e. The predicted octanol–water partition coefficient (Wildman–Crippen LogP) is 4.53. The molecule has 0 radical (unpaired) electrons. The Morgan fingerprint density at radius 3 is 2.71 bits per heavy atom. The van der Waals surface area contributed by atoms with Gasteiger partial charge in [-0.05, 0) is 65.4 Å². The molecule has 0 saturated heterocycles. The van der Waals surface area contributed by atoms with Gasteiger partial charge in [-0.2, -0.15) is 0 Å². The molecule has 0 aromatic heterocycles. The zero-order valence-corrected chi connectivity index (χ0v) is 13.5. The number of nitrogens with one attached hydrogen (secondary N) is 2. The summed E-state index contributed by atoms with van der Waals surface area (Å²) < 4.78 is 14.5. The van der Waals surface area contributed by atoms with Gasteiger partial charge in [-0.1, -0.05) is 18.2 Å². The van der Waals surface area contributed by atoms with Gasteiger partial charge in [0.15, 0.2) is 0 Å². The van der Waals surface area contributed by atoms with Crippen LogP contribution in [-0.4, -0.2) is 6.03 Å². The summed E-state index contributed by atoms with van der Waals surface area (Å²) in [5.74, 6) is -0.329. The average Bonchev–Trinajstić information content (AvgIpc) is 2.44. The molecule has 0 bridgehead atoms. The number of hydrogen-bond donors (Lipinski definition) is 2. The van der Waals surface area contributed by atoms with Crippen LogP contribution in [0.3, 0.4) is 0 Å². The molecule has 0 fully saturated rings. The molecule has 3 nitrogen and oxygen atoms in total. The van der Waals surface area contributed by atoms with E-state index in [4.69, 9.17) is 0 Å². The van der Waals surface area contributed by atoms with Crippen molar-refractivity contribution in [1.82, 2.24) is 5.32 Å². The maximum absolute atomic E-state index is 13.4. The Morgan fingerprint density at radius 2 is 2.00 bits per heavy atom. The van der Waals surface area contributed by atoms with E-state index in [0.29, 0.717) is 5.56 Å². The monoisotopic (exact) mass is 396 g/mol. The lowest BCUT2D eigenvalue weighted by Crippen LogP contribution is -2.24. The molecule has 2 aromatic carbocycles. The number of amides is 2. The first kappa shape index (κ1) is 15.5. The van der Waals surface area contributed by atoms with Crippen LogP contribution >= 0.6 is 22.6 Å². The van der Waals surface area contributed by atoms with Gasteiger partial charge in [-0.15, -0.1) is 0 Å². The van der Waals surface area contributed by atoms with Crippen LogP contribution in [0.15, 0.2) is 48.7 Å². The molecule has 0 atom stereocenters. The number of aryl methyl sites for hydroxylation is 1. The molecule has 2 N–H and O–H groups in total. The van der Waals surface area contributed by atoms with Crippen LogP contribution < -0.4 is 10.6 Å². The molecule has 5 heteroatoms. The quantitative estimate of drug-likeness (QED) is 0.736. The van der Waals surface area contributed by atoms with Crippen LogP contribution in [-0.2, 0) is 0 Å². The lowest BCUT2D eigenvalue weighted by Gasteiger charge is -2.08. The van der Waals surface area contributed by atoms with Gasteiger partial charge in [0.25, 0.3) is 0 Å². The number of anilines is 1. The maximum atomic E-state index is 13.4. The Bertz CT molecular complexity index is 686. The van der Waals surface area contributed by atoms with Crippen molar-refractivity contribution in [3.63, 3.8) is 0 Å². The smallest absolute Gasteiger partial charge is 0.314 e. The zero-order chi connectivity index (χ0) is 15.2. The third kappa shape index (κ3) is 4.56. The molecule has 0 unspecified atom stereocenters. The Labute approximate surface area is 136 Å². The summed E-state index contributed by atoms with van der Waals surface area (Å²) in [4.78, 5) is 11.8. The van der Waals surface area contributed by atoms with Crippen molar-refractivity contribution in [2.24, 2.45) is 0 Å². The fraction of sp³-hybridized carbons (Fsp3) is 0.0625. The van der Waals surface area contributed by atoms with Crippen molar-refractivity contribution in [2.75, 3.05) is 5.32 Å². The van der Waals surface area contributed by atoms with Crippen molar-refractivity contribution in [1.29, 1.82) is 0 Å². The Hall–Kier alpha value is -1.89. The van der Waals surface area contributed by atoms with Crippen LogP contribution in [0.25, 0.3) is 6.08 Å². The fourth-order valence-electron chi connectivity index (χ4n) is 1.74. The lowest BCUT2D eigenvalue weighted by atomic mass is 10.2. The molecule has 2 amide bonds. The summed E-state index contributed by atoms with van der Waals surface area (Å²) in [5, 5.41) is 5.29. The van der Waals surface area contributed by atoms with Crippen LogP contribution in [0.5, 0.6) is 0 Å². The van der Waals surface area contributed by atoms with E-state index in [1.807, 2.05) is 25.1 Å². The first-order chi connectivity index (χ1) is 10.1. The molecule has 2 rings (SSSR count). The first-order valence-corrected chi connectivity index (χ1v) is 7.39. The van der Waals surface area contributed by atoms with Gasteiger partial charge >= 0.3 is 6.03 Å². The molecule has 2 aromatic rings. The zero-order valence-electron chi connectivity index (χ0n) is 11.4. The maximum Gasteiger partial charge on any atom is 0.323 e. The van der Waals surface area contributed by atoms with E-state index in [9.17, 15) is 9.18 Å². The average molecular weight is 396 g/mol. The highest BCUT2D eigenvalue weighted by molar-refractivity contribution is 14.1. The Balaban J connectivity index is 1.95. The standard InChI is InChI=1S/C16H14FIN2O/c1-11-10-13(18)6-7-15(11)20-16(21)19-9-8-12-4-2-3-5-14(12)17/h2-10H,1H3,(H2,19,20,21)/b9-8+. The highest BCUT2D eigenvalue weighted by Crippen LogP contribution is 2.17. The first-order valence-electron chi connectivity index (χ1n) is 6.31. The summed E-state index contributed by atoms with van der Waals surface area (Å²) in [6.45, 7) is 1.92. The summed E-state index contributed by atoms with van der Waals surface area (Å²) in [6, 6.07) is 11.7. The summed E-state index contributed by atoms with van der Waals surface area (Å²) >= 11 is 2.21. The molecule has 0 saturated carbocycles. The minimum absolute atomic E-state index is 0.329. The van der Waals surface area contributed by atoms with Crippen LogP contribution in [0.2, 0.25) is 0 Å². The van der Waals surface area contributed by atoms with Gasteiger partial charge < -0.3 is 10.6 Å². The van der Waals surface area contributed by atoms with Crippen molar-refractivity contribution in [3.8, 4) is 0 Å². The summed E-state index contributed by atoms with van der Waals surface area (Å²) in [5.41, 5.74) is 2.14. The van der Waals surface area contributed by atoms with Crippen molar-refractivity contribution in [2.45, 2.75) is 6.92 Å². The van der Waals surface area contributed by atoms with E-state index < -0.39 is 0 Å². The second-order valence-electron chi connectivity index (χ2n) is 4.41.